The molecular formula is C12H19BrN4O3S. The molecule has 2 rings (SSSR count). The Morgan fingerprint density at radius 1 is 1.48 bits per heavy atom. The molecule has 0 saturated heterocycles. The Morgan fingerprint density at radius 2 is 2.19 bits per heavy atom. The van der Waals surface area contributed by atoms with Crippen LogP contribution in [0.1, 0.15) is 19.8 Å². The first-order chi connectivity index (χ1) is 9.93. The highest BCUT2D eigenvalue weighted by Crippen LogP contribution is 2.30. The molecule has 0 aliphatic heterocycles. The summed E-state index contributed by atoms with van der Waals surface area (Å²) in [7, 11) is -3.27. The van der Waals surface area contributed by atoms with Crippen molar-refractivity contribution in [2.45, 2.75) is 26.3 Å². The Hall–Kier alpha value is -0.930. The number of hydrogen-bond acceptors (Lipinski definition) is 5. The van der Waals surface area contributed by atoms with Crippen LogP contribution in [0.3, 0.4) is 0 Å². The van der Waals surface area contributed by atoms with E-state index in [-0.39, 0.29) is 17.9 Å². The Morgan fingerprint density at radius 3 is 2.81 bits per heavy atom. The number of nitrogens with zero attached hydrogens (tertiary/aromatic N) is 2. The third kappa shape index (κ3) is 4.79. The van der Waals surface area contributed by atoms with E-state index in [0.717, 1.165) is 12.8 Å². The van der Waals surface area contributed by atoms with E-state index in [9.17, 15) is 13.2 Å². The van der Waals surface area contributed by atoms with Gasteiger partial charge in [-0.3, -0.25) is 4.79 Å². The standard InChI is InChI=1S/C12H19BrN4O3S/c1-2-16-21(19,20)6-5-14-10-7-15-17(8-9-3-4-9)12(18)11(10)13/h7,9,14,16H,2-6,8H2,1H3. The summed E-state index contributed by atoms with van der Waals surface area (Å²) in [4.78, 5) is 12.1. The van der Waals surface area contributed by atoms with Crippen LogP contribution in [0.15, 0.2) is 15.5 Å². The maximum absolute atomic E-state index is 12.1. The third-order valence-electron chi connectivity index (χ3n) is 3.16. The van der Waals surface area contributed by atoms with E-state index < -0.39 is 10.0 Å². The lowest BCUT2D eigenvalue weighted by Crippen LogP contribution is -2.30. The van der Waals surface area contributed by atoms with E-state index in [4.69, 9.17) is 0 Å². The summed E-state index contributed by atoms with van der Waals surface area (Å²) in [6, 6.07) is 0. The third-order valence-corrected chi connectivity index (χ3v) is 5.40. The summed E-state index contributed by atoms with van der Waals surface area (Å²) in [6.07, 6.45) is 3.84. The fraction of sp³-hybridized carbons (Fsp3) is 0.667. The number of nitrogens with one attached hydrogen (secondary N) is 2. The van der Waals surface area contributed by atoms with Crippen LogP contribution in [0, 0.1) is 5.92 Å². The zero-order valence-corrected chi connectivity index (χ0v) is 14.2. The zero-order chi connectivity index (χ0) is 15.5. The van der Waals surface area contributed by atoms with Crippen molar-refractivity contribution in [3.05, 3.63) is 21.0 Å². The lowest BCUT2D eigenvalue weighted by atomic mass is 10.4. The fourth-order valence-corrected chi connectivity index (χ4v) is 3.28. The average Bonchev–Trinajstić information content (AvgIpc) is 3.21. The van der Waals surface area contributed by atoms with Crippen molar-refractivity contribution in [2.75, 3.05) is 24.2 Å². The van der Waals surface area contributed by atoms with Gasteiger partial charge in [0.1, 0.15) is 4.47 Å². The van der Waals surface area contributed by atoms with Gasteiger partial charge in [0, 0.05) is 19.6 Å². The van der Waals surface area contributed by atoms with Gasteiger partial charge in [0.25, 0.3) is 5.56 Å². The predicted molar refractivity (Wildman–Crippen MR) is 84.9 cm³/mol. The van der Waals surface area contributed by atoms with Crippen molar-refractivity contribution < 1.29 is 8.42 Å². The van der Waals surface area contributed by atoms with Gasteiger partial charge in [0.15, 0.2) is 0 Å². The zero-order valence-electron chi connectivity index (χ0n) is 11.8. The molecule has 1 aromatic heterocycles. The van der Waals surface area contributed by atoms with Gasteiger partial charge in [-0.25, -0.2) is 17.8 Å². The molecule has 1 fully saturated rings. The molecule has 1 saturated carbocycles. The molecule has 21 heavy (non-hydrogen) atoms. The highest BCUT2D eigenvalue weighted by atomic mass is 79.9. The lowest BCUT2D eigenvalue weighted by molar-refractivity contribution is 0.532. The highest BCUT2D eigenvalue weighted by Gasteiger charge is 2.23. The quantitative estimate of drug-likeness (QED) is 0.696. The molecule has 1 aromatic rings. The molecule has 0 spiro atoms. The minimum Gasteiger partial charge on any atom is -0.382 e. The fourth-order valence-electron chi connectivity index (χ4n) is 1.88. The van der Waals surface area contributed by atoms with Gasteiger partial charge in [0.2, 0.25) is 10.0 Å². The Labute approximate surface area is 132 Å². The van der Waals surface area contributed by atoms with E-state index in [1.165, 1.54) is 4.68 Å². The number of halogens is 1. The van der Waals surface area contributed by atoms with Crippen LogP contribution in [-0.4, -0.2) is 37.0 Å². The Balaban J connectivity index is 1.97. The number of aromatic nitrogens is 2. The lowest BCUT2D eigenvalue weighted by Gasteiger charge is -2.10. The van der Waals surface area contributed by atoms with Crippen molar-refractivity contribution >= 4 is 31.6 Å². The normalized spacial score (nSPS) is 15.1. The van der Waals surface area contributed by atoms with Crippen molar-refractivity contribution in [1.82, 2.24) is 14.5 Å². The summed E-state index contributed by atoms with van der Waals surface area (Å²) in [5.41, 5.74) is 0.320. The SMILES string of the molecule is CCNS(=O)(=O)CCNc1cnn(CC2CC2)c(=O)c1Br. The monoisotopic (exact) mass is 378 g/mol. The van der Waals surface area contributed by atoms with Gasteiger partial charge < -0.3 is 5.32 Å². The van der Waals surface area contributed by atoms with E-state index in [1.807, 2.05) is 0 Å². The molecule has 7 nitrogen and oxygen atoms in total. The molecule has 2 N–H and O–H groups in total. The van der Waals surface area contributed by atoms with Gasteiger partial charge in [-0.05, 0) is 34.7 Å². The van der Waals surface area contributed by atoms with Crippen LogP contribution >= 0.6 is 15.9 Å². The molecular weight excluding hydrogens is 360 g/mol. The van der Waals surface area contributed by atoms with Gasteiger partial charge >= 0.3 is 0 Å². The number of anilines is 1. The molecule has 0 amide bonds. The maximum Gasteiger partial charge on any atom is 0.283 e. The van der Waals surface area contributed by atoms with Crippen LogP contribution < -0.4 is 15.6 Å². The van der Waals surface area contributed by atoms with Crippen LogP contribution in [0.4, 0.5) is 5.69 Å². The van der Waals surface area contributed by atoms with E-state index >= 15 is 0 Å². The second-order valence-electron chi connectivity index (χ2n) is 5.05. The molecule has 0 aromatic carbocycles. The number of rotatable bonds is 8. The minimum atomic E-state index is -3.27. The first kappa shape index (κ1) is 16.4. The Bertz CT molecular complexity index is 655. The predicted octanol–water partition coefficient (Wildman–Crippen LogP) is 0.767. The molecule has 1 aliphatic carbocycles. The molecule has 0 bridgehead atoms. The van der Waals surface area contributed by atoms with E-state index in [0.29, 0.717) is 29.2 Å². The summed E-state index contributed by atoms with van der Waals surface area (Å²) in [6.45, 7) is 2.95. The van der Waals surface area contributed by atoms with Gasteiger partial charge in [-0.2, -0.15) is 5.10 Å². The number of hydrogen-bond donors (Lipinski definition) is 2. The van der Waals surface area contributed by atoms with Crippen LogP contribution in [-0.2, 0) is 16.6 Å². The molecule has 0 radical (unpaired) electrons. The topological polar surface area (TPSA) is 93.1 Å². The molecule has 118 valence electrons. The highest BCUT2D eigenvalue weighted by molar-refractivity contribution is 9.10. The minimum absolute atomic E-state index is 0.0571. The summed E-state index contributed by atoms with van der Waals surface area (Å²) < 4.78 is 27.3. The molecule has 0 atom stereocenters. The maximum atomic E-state index is 12.1. The average molecular weight is 379 g/mol. The molecule has 1 heterocycles. The Kier molecular flexibility index (Phi) is 5.39. The van der Waals surface area contributed by atoms with Gasteiger partial charge in [-0.15, -0.1) is 0 Å². The van der Waals surface area contributed by atoms with Crippen molar-refractivity contribution in [1.29, 1.82) is 0 Å². The van der Waals surface area contributed by atoms with Gasteiger partial charge in [0.05, 0.1) is 17.6 Å². The molecule has 9 heteroatoms. The number of sulfonamides is 1. The van der Waals surface area contributed by atoms with Crippen molar-refractivity contribution in [2.24, 2.45) is 5.92 Å². The summed E-state index contributed by atoms with van der Waals surface area (Å²) >= 11 is 3.25. The smallest absolute Gasteiger partial charge is 0.283 e. The largest absolute Gasteiger partial charge is 0.382 e. The first-order valence-electron chi connectivity index (χ1n) is 6.89. The van der Waals surface area contributed by atoms with E-state index in [1.54, 1.807) is 13.1 Å². The molecule has 1 aliphatic rings. The first-order valence-corrected chi connectivity index (χ1v) is 9.34. The summed E-state index contributed by atoms with van der Waals surface area (Å²) in [5.74, 6) is 0.504. The van der Waals surface area contributed by atoms with Crippen LogP contribution in [0.25, 0.3) is 0 Å². The second-order valence-corrected chi connectivity index (χ2v) is 7.77. The summed E-state index contributed by atoms with van der Waals surface area (Å²) in [5, 5.41) is 7.04. The van der Waals surface area contributed by atoms with E-state index in [2.05, 4.69) is 31.1 Å². The van der Waals surface area contributed by atoms with Crippen molar-refractivity contribution in [3.63, 3.8) is 0 Å². The second kappa shape index (κ2) is 6.89. The van der Waals surface area contributed by atoms with Crippen LogP contribution in [0.5, 0.6) is 0 Å². The van der Waals surface area contributed by atoms with Gasteiger partial charge in [-0.1, -0.05) is 6.92 Å². The van der Waals surface area contributed by atoms with Crippen LogP contribution in [0.2, 0.25) is 0 Å². The van der Waals surface area contributed by atoms with Crippen molar-refractivity contribution in [3.8, 4) is 0 Å². The molecule has 0 unspecified atom stereocenters.